The summed E-state index contributed by atoms with van der Waals surface area (Å²) in [6.45, 7) is 11.2. The fourth-order valence-electron chi connectivity index (χ4n) is 5.81. The molecule has 246 valence electrons. The van der Waals surface area contributed by atoms with Crippen LogP contribution in [0.25, 0.3) is 10.2 Å². The zero-order valence-electron chi connectivity index (χ0n) is 27.0. The Morgan fingerprint density at radius 3 is 2.40 bits per heavy atom. The molecule has 1 saturated heterocycles. The molecule has 0 aliphatic carbocycles. The molecule has 3 aromatic rings. The molecule has 1 fully saturated rings. The molecular weight excluding hydrogens is 611 g/mol. The number of aromatic nitrogens is 1. The summed E-state index contributed by atoms with van der Waals surface area (Å²) in [6, 6.07) is 14.3. The molecular formula is C33H47N5O5S2. The van der Waals surface area contributed by atoms with E-state index in [-0.39, 0.29) is 36.2 Å². The van der Waals surface area contributed by atoms with Gasteiger partial charge in [-0.1, -0.05) is 58.0 Å². The van der Waals surface area contributed by atoms with Crippen LogP contribution < -0.4 is 10.7 Å². The lowest BCUT2D eigenvalue weighted by Gasteiger charge is -2.47. The number of hydrogen-bond donors (Lipinski definition) is 3. The first kappa shape index (κ1) is 35.0. The molecule has 2 heterocycles. The Balaban J connectivity index is 1.59. The van der Waals surface area contributed by atoms with E-state index in [9.17, 15) is 23.1 Å². The van der Waals surface area contributed by atoms with Crippen molar-refractivity contribution in [1.29, 1.82) is 0 Å². The summed E-state index contributed by atoms with van der Waals surface area (Å²) in [4.78, 5) is 34.7. The number of likely N-dealkylation sites (tertiary alicyclic amines) is 1. The maximum Gasteiger partial charge on any atom is 0.263 e. The van der Waals surface area contributed by atoms with Crippen molar-refractivity contribution in [2.45, 2.75) is 76.3 Å². The van der Waals surface area contributed by atoms with Gasteiger partial charge in [0.15, 0.2) is 9.84 Å². The van der Waals surface area contributed by atoms with Crippen LogP contribution in [-0.2, 0) is 25.8 Å². The number of benzene rings is 2. The Morgan fingerprint density at radius 2 is 1.76 bits per heavy atom. The zero-order chi connectivity index (χ0) is 32.9. The lowest BCUT2D eigenvalue weighted by molar-refractivity contribution is -0.151. The minimum atomic E-state index is -3.86. The van der Waals surface area contributed by atoms with Gasteiger partial charge in [0.05, 0.1) is 38.5 Å². The number of nitrogens with zero attached hydrogens (tertiary/aromatic N) is 3. The summed E-state index contributed by atoms with van der Waals surface area (Å²) >= 11 is 1.35. The molecule has 45 heavy (non-hydrogen) atoms. The van der Waals surface area contributed by atoms with Crippen LogP contribution in [0, 0.1) is 5.41 Å². The van der Waals surface area contributed by atoms with Gasteiger partial charge in [0.25, 0.3) is 5.91 Å². The SMILES string of the molecule is CCCN(NC[C@@](C)(O)CS(=O)(=O)c1ccc2ncsc2c1)C(=O)[C@@](Cc1ccccc1)(NC(=O)CN1CCCC1)C(C)(C)C. The van der Waals surface area contributed by atoms with Crippen molar-refractivity contribution in [3.63, 3.8) is 0 Å². The van der Waals surface area contributed by atoms with Crippen LogP contribution in [0.2, 0.25) is 0 Å². The summed E-state index contributed by atoms with van der Waals surface area (Å²) in [5.74, 6) is -1.11. The smallest absolute Gasteiger partial charge is 0.263 e. The van der Waals surface area contributed by atoms with Crippen LogP contribution in [0.3, 0.4) is 0 Å². The van der Waals surface area contributed by atoms with Crippen molar-refractivity contribution in [3.8, 4) is 0 Å². The number of amides is 2. The second-order valence-electron chi connectivity index (χ2n) is 13.4. The van der Waals surface area contributed by atoms with Crippen molar-refractivity contribution in [2.75, 3.05) is 38.5 Å². The third-order valence-corrected chi connectivity index (χ3v) is 11.1. The first-order valence-electron chi connectivity index (χ1n) is 15.6. The first-order valence-corrected chi connectivity index (χ1v) is 18.1. The predicted octanol–water partition coefficient (Wildman–Crippen LogP) is 3.80. The molecule has 1 aromatic heterocycles. The minimum Gasteiger partial charge on any atom is -0.388 e. The Labute approximate surface area is 271 Å². The number of fused-ring (bicyclic) bond motifs is 1. The van der Waals surface area contributed by atoms with Crippen LogP contribution in [0.15, 0.2) is 58.9 Å². The van der Waals surface area contributed by atoms with Gasteiger partial charge >= 0.3 is 0 Å². The van der Waals surface area contributed by atoms with Gasteiger partial charge in [-0.3, -0.25) is 19.5 Å². The molecule has 0 spiro atoms. The number of carbonyl (C=O) groups excluding carboxylic acids is 2. The highest BCUT2D eigenvalue weighted by Gasteiger charge is 2.52. The molecule has 1 aliphatic heterocycles. The Kier molecular flexibility index (Phi) is 11.1. The number of nitrogens with one attached hydrogen (secondary N) is 2. The van der Waals surface area contributed by atoms with Crippen LogP contribution in [0.1, 0.15) is 59.4 Å². The van der Waals surface area contributed by atoms with Crippen LogP contribution in [0.4, 0.5) is 0 Å². The summed E-state index contributed by atoms with van der Waals surface area (Å²) < 4.78 is 27.4. The molecule has 0 unspecified atom stereocenters. The average Bonchev–Trinajstić information content (AvgIpc) is 3.65. The van der Waals surface area contributed by atoms with Crippen molar-refractivity contribution >= 4 is 43.2 Å². The first-order chi connectivity index (χ1) is 21.2. The molecule has 1 aliphatic rings. The van der Waals surface area contributed by atoms with E-state index in [1.807, 2.05) is 58.0 Å². The molecule has 10 nitrogen and oxygen atoms in total. The highest BCUT2D eigenvalue weighted by atomic mass is 32.2. The van der Waals surface area contributed by atoms with E-state index in [4.69, 9.17) is 0 Å². The molecule has 0 radical (unpaired) electrons. The fourth-order valence-corrected chi connectivity index (χ4v) is 8.27. The standard InChI is InChI=1S/C33H47N5O5S2/c1-6-16-38(35-22-32(5,41)23-45(42,43)26-14-15-27-28(19-26)44-24-34-27)30(40)33(31(2,3)4,20-25-12-8-7-9-13-25)36-29(39)21-37-17-10-11-18-37/h7-9,12-15,19,24,35,41H,6,10-11,16-18,20-23H2,1-5H3,(H,36,39)/t32-,33-/m1/s1. The normalized spacial score (nSPS) is 17.1. The number of aliphatic hydroxyl groups is 1. The summed E-state index contributed by atoms with van der Waals surface area (Å²) in [5, 5.41) is 15.9. The monoisotopic (exact) mass is 657 g/mol. The Morgan fingerprint density at radius 1 is 1.07 bits per heavy atom. The topological polar surface area (TPSA) is 132 Å². The summed E-state index contributed by atoms with van der Waals surface area (Å²) in [5.41, 5.74) is 2.58. The number of hydrazine groups is 1. The van der Waals surface area contributed by atoms with E-state index < -0.39 is 32.1 Å². The van der Waals surface area contributed by atoms with Crippen molar-refractivity contribution in [3.05, 3.63) is 59.6 Å². The third-order valence-electron chi connectivity index (χ3n) is 8.38. The van der Waals surface area contributed by atoms with Crippen molar-refractivity contribution in [1.82, 2.24) is 25.6 Å². The molecule has 4 rings (SSSR count). The molecule has 0 bridgehead atoms. The highest BCUT2D eigenvalue weighted by molar-refractivity contribution is 7.91. The van der Waals surface area contributed by atoms with Gasteiger partial charge in [-0.2, -0.15) is 0 Å². The van der Waals surface area contributed by atoms with Gasteiger partial charge in [0.1, 0.15) is 5.54 Å². The number of sulfone groups is 1. The fraction of sp³-hybridized carbons (Fsp3) is 0.545. The molecule has 2 aromatic carbocycles. The minimum absolute atomic E-state index is 0.108. The molecule has 12 heteroatoms. The highest BCUT2D eigenvalue weighted by Crippen LogP contribution is 2.36. The molecule has 0 saturated carbocycles. The number of hydrogen-bond acceptors (Lipinski definition) is 9. The summed E-state index contributed by atoms with van der Waals surface area (Å²) in [6.07, 6.45) is 2.95. The van der Waals surface area contributed by atoms with Gasteiger partial charge in [0.2, 0.25) is 5.91 Å². The Bertz CT molecular complexity index is 1560. The van der Waals surface area contributed by atoms with Crippen LogP contribution >= 0.6 is 11.3 Å². The average molecular weight is 658 g/mol. The van der Waals surface area contributed by atoms with Gasteiger partial charge < -0.3 is 10.4 Å². The van der Waals surface area contributed by atoms with E-state index in [0.29, 0.717) is 18.5 Å². The number of thiazole rings is 1. The summed E-state index contributed by atoms with van der Waals surface area (Å²) in [7, 11) is -3.86. The lowest BCUT2D eigenvalue weighted by atomic mass is 9.69. The largest absolute Gasteiger partial charge is 0.388 e. The van der Waals surface area contributed by atoms with E-state index >= 15 is 0 Å². The van der Waals surface area contributed by atoms with Crippen molar-refractivity contribution in [2.24, 2.45) is 5.41 Å². The van der Waals surface area contributed by atoms with Gasteiger partial charge in [-0.25, -0.2) is 18.8 Å². The molecule has 3 N–H and O–H groups in total. The van der Waals surface area contributed by atoms with E-state index in [1.54, 1.807) is 17.6 Å². The van der Waals surface area contributed by atoms with E-state index in [2.05, 4.69) is 20.6 Å². The maximum atomic E-state index is 14.7. The zero-order valence-corrected chi connectivity index (χ0v) is 28.6. The number of rotatable bonds is 14. The van der Waals surface area contributed by atoms with E-state index in [0.717, 1.165) is 36.2 Å². The quantitative estimate of drug-likeness (QED) is 0.223. The molecule has 2 amide bonds. The number of carbonyl (C=O) groups is 2. The second-order valence-corrected chi connectivity index (χ2v) is 16.3. The predicted molar refractivity (Wildman–Crippen MR) is 178 cm³/mol. The molecule has 2 atom stereocenters. The maximum absolute atomic E-state index is 14.7. The van der Waals surface area contributed by atoms with Gasteiger partial charge in [-0.15, -0.1) is 11.3 Å². The third kappa shape index (κ3) is 8.68. The van der Waals surface area contributed by atoms with Crippen LogP contribution in [0.5, 0.6) is 0 Å². The Hall–Kier alpha value is -2.90. The van der Waals surface area contributed by atoms with Gasteiger partial charge in [0, 0.05) is 19.5 Å². The second kappa shape index (κ2) is 14.3. The lowest BCUT2D eigenvalue weighted by Crippen LogP contribution is -2.70. The van der Waals surface area contributed by atoms with Gasteiger partial charge in [-0.05, 0) is 68.5 Å². The van der Waals surface area contributed by atoms with Crippen LogP contribution in [-0.4, -0.2) is 89.8 Å². The van der Waals surface area contributed by atoms with E-state index in [1.165, 1.54) is 29.3 Å². The van der Waals surface area contributed by atoms with Crippen molar-refractivity contribution < 1.29 is 23.1 Å².